The van der Waals surface area contributed by atoms with Gasteiger partial charge in [-0.05, 0) is 109 Å². The van der Waals surface area contributed by atoms with Crippen molar-refractivity contribution < 1.29 is 28.6 Å². The first-order valence-electron chi connectivity index (χ1n) is 35.9. The van der Waals surface area contributed by atoms with Crippen LogP contribution >= 0.6 is 0 Å². The second kappa shape index (κ2) is 70.3. The van der Waals surface area contributed by atoms with Crippen LogP contribution in [0.4, 0.5) is 0 Å². The molecule has 0 N–H and O–H groups in total. The van der Waals surface area contributed by atoms with Gasteiger partial charge in [-0.25, -0.2) is 0 Å². The summed E-state index contributed by atoms with van der Waals surface area (Å²) in [5.41, 5.74) is 0. The van der Waals surface area contributed by atoms with E-state index in [1.807, 2.05) is 0 Å². The molecule has 0 aromatic rings. The number of ether oxygens (including phenoxy) is 3. The number of hydrogen-bond donors (Lipinski definition) is 0. The number of allylic oxidation sites excluding steroid dienone is 12. The summed E-state index contributed by atoms with van der Waals surface area (Å²) in [4.78, 5) is 38.4. The first-order chi connectivity index (χ1) is 40.5. The van der Waals surface area contributed by atoms with E-state index in [1.165, 1.54) is 244 Å². The van der Waals surface area contributed by atoms with Gasteiger partial charge in [-0.3, -0.25) is 14.4 Å². The Bertz CT molecular complexity index is 1500. The van der Waals surface area contributed by atoms with E-state index >= 15 is 0 Å². The van der Waals surface area contributed by atoms with Gasteiger partial charge >= 0.3 is 17.9 Å². The molecule has 0 heterocycles. The average Bonchev–Trinajstić information content (AvgIpc) is 3.47. The molecule has 6 heteroatoms. The molecule has 0 saturated carbocycles. The number of unbranched alkanes of at least 4 members (excludes halogenated alkanes) is 43. The average molecular weight is 1150 g/mol. The van der Waals surface area contributed by atoms with Crippen molar-refractivity contribution in [2.45, 2.75) is 380 Å². The van der Waals surface area contributed by atoms with Crippen molar-refractivity contribution in [1.82, 2.24) is 0 Å². The Morgan fingerprint density at radius 2 is 0.476 bits per heavy atom. The Labute approximate surface area is 510 Å². The highest BCUT2D eigenvalue weighted by Crippen LogP contribution is 2.18. The zero-order valence-corrected chi connectivity index (χ0v) is 54.8. The van der Waals surface area contributed by atoms with Gasteiger partial charge in [0.05, 0.1) is 0 Å². The van der Waals surface area contributed by atoms with Crippen molar-refractivity contribution in [3.8, 4) is 0 Å². The second-order valence-corrected chi connectivity index (χ2v) is 24.1. The summed E-state index contributed by atoms with van der Waals surface area (Å²) in [5, 5.41) is 0. The molecule has 0 amide bonds. The highest BCUT2D eigenvalue weighted by atomic mass is 16.6. The molecule has 0 saturated heterocycles. The molecule has 0 aromatic heterocycles. The monoisotopic (exact) mass is 1150 g/mol. The molecule has 82 heavy (non-hydrogen) atoms. The zero-order chi connectivity index (χ0) is 59.2. The third-order valence-corrected chi connectivity index (χ3v) is 15.9. The van der Waals surface area contributed by atoms with Crippen LogP contribution in [0.3, 0.4) is 0 Å². The predicted octanol–water partition coefficient (Wildman–Crippen LogP) is 24.8. The predicted molar refractivity (Wildman–Crippen MR) is 358 cm³/mol. The van der Waals surface area contributed by atoms with E-state index < -0.39 is 6.10 Å². The van der Waals surface area contributed by atoms with Crippen LogP contribution in [0, 0.1) is 0 Å². The molecule has 1 atom stereocenters. The standard InChI is InChI=1S/C76H136O6/c1-4-7-10-13-16-19-22-25-28-30-32-33-34-35-36-37-38-39-40-41-42-43-44-46-48-51-54-57-60-63-66-69-75(78)81-72-73(71-80-74(77)68-65-62-59-56-53-50-47-27-24-21-18-15-12-9-6-3)82-76(79)70-67-64-61-58-55-52-49-45-31-29-26-23-20-17-14-11-8-5-2/h7,10,16,19,25,27-29,31-33,47,73H,4-6,8-9,11-15,17-18,20-24,26,30,34-46,48-72H2,1-3H3/b10-7-,19-16-,28-25-,31-29-,33-32-,47-27-. The summed E-state index contributed by atoms with van der Waals surface area (Å²) in [7, 11) is 0. The van der Waals surface area contributed by atoms with Crippen molar-refractivity contribution in [2.24, 2.45) is 0 Å². The van der Waals surface area contributed by atoms with E-state index in [0.717, 1.165) is 89.9 Å². The van der Waals surface area contributed by atoms with Crippen molar-refractivity contribution >= 4 is 17.9 Å². The highest BCUT2D eigenvalue weighted by Gasteiger charge is 2.19. The Morgan fingerprint density at radius 1 is 0.256 bits per heavy atom. The highest BCUT2D eigenvalue weighted by molar-refractivity contribution is 5.71. The molecule has 0 bridgehead atoms. The van der Waals surface area contributed by atoms with Crippen LogP contribution < -0.4 is 0 Å². The number of carbonyl (C=O) groups is 3. The van der Waals surface area contributed by atoms with Gasteiger partial charge < -0.3 is 14.2 Å². The molecule has 0 aromatic carbocycles. The lowest BCUT2D eigenvalue weighted by atomic mass is 10.0. The van der Waals surface area contributed by atoms with Gasteiger partial charge in [0.25, 0.3) is 0 Å². The summed E-state index contributed by atoms with van der Waals surface area (Å²) < 4.78 is 17.0. The maximum atomic E-state index is 12.9. The van der Waals surface area contributed by atoms with Crippen LogP contribution in [-0.2, 0) is 28.6 Å². The SMILES string of the molecule is CC/C=C\C/C=C\C/C=C\C/C=C\CCCCCCCCCCCCCCCCCCCCC(=O)OCC(COC(=O)CCCCCCC/C=C\CCCCCCCC)OC(=O)CCCCCCCCC/C=C\CCCCCCCCC. The third-order valence-electron chi connectivity index (χ3n) is 15.9. The molecule has 1 unspecified atom stereocenters. The first-order valence-corrected chi connectivity index (χ1v) is 35.9. The van der Waals surface area contributed by atoms with Crippen molar-refractivity contribution in [1.29, 1.82) is 0 Å². The summed E-state index contributed by atoms with van der Waals surface area (Å²) in [6.45, 7) is 6.57. The van der Waals surface area contributed by atoms with Crippen LogP contribution in [0.15, 0.2) is 72.9 Å². The molecule has 0 aliphatic heterocycles. The fourth-order valence-corrected chi connectivity index (χ4v) is 10.5. The van der Waals surface area contributed by atoms with Crippen LogP contribution in [0.5, 0.6) is 0 Å². The van der Waals surface area contributed by atoms with Crippen molar-refractivity contribution in [3.63, 3.8) is 0 Å². The lowest BCUT2D eigenvalue weighted by molar-refractivity contribution is -0.167. The molecule has 0 spiro atoms. The minimum absolute atomic E-state index is 0.0752. The van der Waals surface area contributed by atoms with Crippen LogP contribution in [-0.4, -0.2) is 37.2 Å². The molecule has 0 rings (SSSR count). The molecule has 0 radical (unpaired) electrons. The zero-order valence-electron chi connectivity index (χ0n) is 54.8. The summed E-state index contributed by atoms with van der Waals surface area (Å²) in [6, 6.07) is 0. The second-order valence-electron chi connectivity index (χ2n) is 24.1. The number of carbonyl (C=O) groups excluding carboxylic acids is 3. The third kappa shape index (κ3) is 67.6. The first kappa shape index (κ1) is 78.8. The Morgan fingerprint density at radius 3 is 0.756 bits per heavy atom. The lowest BCUT2D eigenvalue weighted by Gasteiger charge is -2.18. The molecule has 476 valence electrons. The molecule has 6 nitrogen and oxygen atoms in total. The van der Waals surface area contributed by atoms with Gasteiger partial charge in [-0.1, -0.05) is 318 Å². The van der Waals surface area contributed by atoms with Crippen LogP contribution in [0.1, 0.15) is 374 Å². The fraction of sp³-hybridized carbons (Fsp3) is 0.803. The molecular formula is C76H136O6. The normalized spacial score (nSPS) is 12.5. The molecule has 0 aliphatic carbocycles. The van der Waals surface area contributed by atoms with Crippen LogP contribution in [0.2, 0.25) is 0 Å². The Balaban J connectivity index is 4.21. The number of esters is 3. The van der Waals surface area contributed by atoms with Crippen molar-refractivity contribution in [3.05, 3.63) is 72.9 Å². The number of rotatable bonds is 66. The van der Waals surface area contributed by atoms with Crippen LogP contribution in [0.25, 0.3) is 0 Å². The van der Waals surface area contributed by atoms with E-state index in [2.05, 4.69) is 93.7 Å². The van der Waals surface area contributed by atoms with E-state index in [-0.39, 0.29) is 31.1 Å². The molecule has 0 fully saturated rings. The molecular weight excluding hydrogens is 1010 g/mol. The maximum absolute atomic E-state index is 12.9. The molecule has 0 aliphatic rings. The Hall–Kier alpha value is -3.15. The van der Waals surface area contributed by atoms with E-state index in [0.29, 0.717) is 19.3 Å². The quantitative estimate of drug-likeness (QED) is 0.0261. The van der Waals surface area contributed by atoms with Gasteiger partial charge in [-0.2, -0.15) is 0 Å². The van der Waals surface area contributed by atoms with Gasteiger partial charge in [0.1, 0.15) is 13.2 Å². The summed E-state index contributed by atoms with van der Waals surface area (Å²) in [6.07, 6.45) is 92.2. The maximum Gasteiger partial charge on any atom is 0.306 e. The summed E-state index contributed by atoms with van der Waals surface area (Å²) in [5.74, 6) is -0.865. The number of hydrogen-bond acceptors (Lipinski definition) is 6. The van der Waals surface area contributed by atoms with E-state index in [9.17, 15) is 14.4 Å². The minimum atomic E-state index is -0.780. The van der Waals surface area contributed by atoms with Gasteiger partial charge in [0.15, 0.2) is 6.10 Å². The fourth-order valence-electron chi connectivity index (χ4n) is 10.5. The van der Waals surface area contributed by atoms with Gasteiger partial charge in [-0.15, -0.1) is 0 Å². The minimum Gasteiger partial charge on any atom is -0.462 e. The Kier molecular flexibility index (Phi) is 67.6. The largest absolute Gasteiger partial charge is 0.462 e. The lowest BCUT2D eigenvalue weighted by Crippen LogP contribution is -2.30. The van der Waals surface area contributed by atoms with Gasteiger partial charge in [0.2, 0.25) is 0 Å². The topological polar surface area (TPSA) is 78.9 Å². The van der Waals surface area contributed by atoms with E-state index in [4.69, 9.17) is 14.2 Å². The van der Waals surface area contributed by atoms with Gasteiger partial charge in [0, 0.05) is 19.3 Å². The van der Waals surface area contributed by atoms with Crippen molar-refractivity contribution in [2.75, 3.05) is 13.2 Å². The smallest absolute Gasteiger partial charge is 0.306 e. The van der Waals surface area contributed by atoms with E-state index in [1.54, 1.807) is 0 Å². The summed E-state index contributed by atoms with van der Waals surface area (Å²) >= 11 is 0.